The first-order valence-electron chi connectivity index (χ1n) is 4.44. The Hall–Kier alpha value is -2.08. The van der Waals surface area contributed by atoms with Crippen molar-refractivity contribution in [2.75, 3.05) is 13.2 Å². The van der Waals surface area contributed by atoms with E-state index in [1.165, 1.54) is 0 Å². The summed E-state index contributed by atoms with van der Waals surface area (Å²) in [6.07, 6.45) is 0.716. The van der Waals surface area contributed by atoms with Crippen molar-refractivity contribution in [1.29, 1.82) is 21.0 Å². The number of nitriles is 4. The second-order valence-electron chi connectivity index (χ2n) is 2.81. The fraction of sp³-hybridized carbons (Fsp3) is 0.600. The van der Waals surface area contributed by atoms with Gasteiger partial charge in [0.1, 0.15) is 11.8 Å². The molecule has 0 N–H and O–H groups in total. The zero-order valence-corrected chi connectivity index (χ0v) is 8.18. The second-order valence-corrected chi connectivity index (χ2v) is 2.81. The molecule has 0 aromatic carbocycles. The molecule has 0 rings (SSSR count). The van der Waals surface area contributed by atoms with Crippen molar-refractivity contribution in [1.82, 2.24) is 0 Å². The Labute approximate surface area is 88.7 Å². The molecule has 5 nitrogen and oxygen atoms in total. The quantitative estimate of drug-likeness (QED) is 0.600. The van der Waals surface area contributed by atoms with Gasteiger partial charge in [-0.15, -0.1) is 0 Å². The van der Waals surface area contributed by atoms with E-state index in [-0.39, 0.29) is 0 Å². The summed E-state index contributed by atoms with van der Waals surface area (Å²) >= 11 is 0. The predicted molar refractivity (Wildman–Crippen MR) is 49.5 cm³/mol. The second kappa shape index (κ2) is 8.52. The first-order valence-corrected chi connectivity index (χ1v) is 4.44. The Kier molecular flexibility index (Phi) is 7.33. The molecule has 0 spiro atoms. The van der Waals surface area contributed by atoms with Gasteiger partial charge in [0.2, 0.25) is 0 Å². The van der Waals surface area contributed by atoms with Gasteiger partial charge in [-0.1, -0.05) is 0 Å². The molecule has 0 unspecified atom stereocenters. The van der Waals surface area contributed by atoms with Crippen molar-refractivity contribution in [2.45, 2.75) is 12.8 Å². The van der Waals surface area contributed by atoms with Crippen LogP contribution in [0.15, 0.2) is 0 Å². The lowest BCUT2D eigenvalue weighted by Gasteiger charge is -2.03. The van der Waals surface area contributed by atoms with E-state index in [4.69, 9.17) is 25.8 Å². The third-order valence-electron chi connectivity index (χ3n) is 1.73. The maximum absolute atomic E-state index is 8.43. The lowest BCUT2D eigenvalue weighted by atomic mass is 10.1. The van der Waals surface area contributed by atoms with Gasteiger partial charge < -0.3 is 4.74 Å². The highest BCUT2D eigenvalue weighted by Gasteiger charge is 2.06. The topological polar surface area (TPSA) is 104 Å². The van der Waals surface area contributed by atoms with Crippen LogP contribution in [0, 0.1) is 57.2 Å². The van der Waals surface area contributed by atoms with Crippen LogP contribution in [0.5, 0.6) is 0 Å². The lowest BCUT2D eigenvalue weighted by molar-refractivity contribution is 0.123. The van der Waals surface area contributed by atoms with Crippen molar-refractivity contribution >= 4 is 0 Å². The van der Waals surface area contributed by atoms with E-state index in [0.717, 1.165) is 0 Å². The maximum atomic E-state index is 8.43. The van der Waals surface area contributed by atoms with E-state index in [1.807, 2.05) is 24.3 Å². The summed E-state index contributed by atoms with van der Waals surface area (Å²) in [5.74, 6) is -1.29. The van der Waals surface area contributed by atoms with Crippen LogP contribution < -0.4 is 0 Å². The summed E-state index contributed by atoms with van der Waals surface area (Å²) in [6.45, 7) is 0.602. The van der Waals surface area contributed by atoms with E-state index in [0.29, 0.717) is 26.1 Å². The molecule has 0 saturated heterocycles. The number of ether oxygens (including phenoxy) is 1. The predicted octanol–water partition coefficient (Wildman–Crippen LogP) is 1.11. The van der Waals surface area contributed by atoms with Crippen LogP contribution in [0.2, 0.25) is 0 Å². The first kappa shape index (κ1) is 12.9. The van der Waals surface area contributed by atoms with Gasteiger partial charge >= 0.3 is 0 Å². The molecule has 76 valence electrons. The number of hydrogen-bond donors (Lipinski definition) is 0. The summed E-state index contributed by atoms with van der Waals surface area (Å²) in [7, 11) is 0. The largest absolute Gasteiger partial charge is 0.381 e. The molecule has 0 aromatic heterocycles. The molecule has 5 heteroatoms. The standard InChI is InChI=1S/C10H10N4O/c11-5-9(6-12)1-3-15-4-2-10(7-13)8-14/h9-10H,1-4H2. The van der Waals surface area contributed by atoms with Crippen molar-refractivity contribution in [3.63, 3.8) is 0 Å². The lowest BCUT2D eigenvalue weighted by Crippen LogP contribution is -2.05. The summed E-state index contributed by atoms with van der Waals surface area (Å²) in [5, 5.41) is 33.7. The van der Waals surface area contributed by atoms with Crippen LogP contribution in [-0.2, 0) is 4.74 Å². The highest BCUT2D eigenvalue weighted by molar-refractivity contribution is 4.99. The van der Waals surface area contributed by atoms with Crippen LogP contribution in [0.4, 0.5) is 0 Å². The molecule has 0 radical (unpaired) electrons. The van der Waals surface area contributed by atoms with Gasteiger partial charge in [-0.05, 0) is 12.8 Å². The Morgan fingerprint density at radius 3 is 1.33 bits per heavy atom. The fourth-order valence-electron chi connectivity index (χ4n) is 0.820. The first-order chi connectivity index (χ1) is 7.28. The van der Waals surface area contributed by atoms with Gasteiger partial charge in [-0.25, -0.2) is 0 Å². The molecule has 0 aliphatic heterocycles. The molecular weight excluding hydrogens is 192 g/mol. The minimum absolute atomic E-state index is 0.301. The van der Waals surface area contributed by atoms with Gasteiger partial charge in [-0.2, -0.15) is 21.0 Å². The van der Waals surface area contributed by atoms with Crippen molar-refractivity contribution < 1.29 is 4.74 Å². The molecule has 0 fully saturated rings. The molecule has 0 aliphatic rings. The molecule has 0 atom stereocenters. The summed E-state index contributed by atoms with van der Waals surface area (Å²) in [6, 6.07) is 7.31. The van der Waals surface area contributed by atoms with Crippen LogP contribution in [0.3, 0.4) is 0 Å². The zero-order chi connectivity index (χ0) is 11.5. The van der Waals surface area contributed by atoms with E-state index < -0.39 is 11.8 Å². The minimum Gasteiger partial charge on any atom is -0.381 e. The average molecular weight is 202 g/mol. The highest BCUT2D eigenvalue weighted by Crippen LogP contribution is 2.02. The number of rotatable bonds is 6. The van der Waals surface area contributed by atoms with Gasteiger partial charge in [0.25, 0.3) is 0 Å². The van der Waals surface area contributed by atoms with Crippen molar-refractivity contribution in [3.8, 4) is 24.3 Å². The Morgan fingerprint density at radius 2 is 1.07 bits per heavy atom. The maximum Gasteiger partial charge on any atom is 0.135 e. The summed E-state index contributed by atoms with van der Waals surface area (Å²) < 4.78 is 5.10. The van der Waals surface area contributed by atoms with Gasteiger partial charge in [0.05, 0.1) is 24.3 Å². The zero-order valence-electron chi connectivity index (χ0n) is 8.18. The molecule has 0 aliphatic carbocycles. The third kappa shape index (κ3) is 6.05. The number of nitrogens with zero attached hydrogens (tertiary/aromatic N) is 4. The van der Waals surface area contributed by atoms with Gasteiger partial charge in [-0.3, -0.25) is 0 Å². The summed E-state index contributed by atoms with van der Waals surface area (Å²) in [4.78, 5) is 0. The van der Waals surface area contributed by atoms with E-state index in [2.05, 4.69) is 0 Å². The van der Waals surface area contributed by atoms with Crippen LogP contribution in [0.25, 0.3) is 0 Å². The molecule has 0 heterocycles. The molecule has 0 amide bonds. The normalized spacial score (nSPS) is 8.93. The third-order valence-corrected chi connectivity index (χ3v) is 1.73. The van der Waals surface area contributed by atoms with Crippen molar-refractivity contribution in [2.24, 2.45) is 11.8 Å². The molecular formula is C10H10N4O. The number of hydrogen-bond acceptors (Lipinski definition) is 5. The SMILES string of the molecule is N#CC(C#N)CCOCCC(C#N)C#N. The van der Waals surface area contributed by atoms with Crippen LogP contribution >= 0.6 is 0 Å². The van der Waals surface area contributed by atoms with E-state index >= 15 is 0 Å². The molecule has 0 bridgehead atoms. The Morgan fingerprint density at radius 1 is 0.733 bits per heavy atom. The van der Waals surface area contributed by atoms with E-state index in [9.17, 15) is 0 Å². The van der Waals surface area contributed by atoms with Gasteiger partial charge in [0, 0.05) is 13.2 Å². The molecule has 15 heavy (non-hydrogen) atoms. The fourth-order valence-corrected chi connectivity index (χ4v) is 0.820. The highest BCUT2D eigenvalue weighted by atomic mass is 16.5. The smallest absolute Gasteiger partial charge is 0.135 e. The van der Waals surface area contributed by atoms with Crippen LogP contribution in [-0.4, -0.2) is 13.2 Å². The monoisotopic (exact) mass is 202 g/mol. The minimum atomic E-state index is -0.646. The van der Waals surface area contributed by atoms with E-state index in [1.54, 1.807) is 0 Å². The molecule has 0 saturated carbocycles. The van der Waals surface area contributed by atoms with Crippen molar-refractivity contribution in [3.05, 3.63) is 0 Å². The Bertz CT molecular complexity index is 276. The Balaban J connectivity index is 3.51. The average Bonchev–Trinajstić information content (AvgIpc) is 2.29. The molecule has 0 aromatic rings. The summed E-state index contributed by atoms with van der Waals surface area (Å²) in [5.41, 5.74) is 0. The van der Waals surface area contributed by atoms with Crippen LogP contribution in [0.1, 0.15) is 12.8 Å². The van der Waals surface area contributed by atoms with Gasteiger partial charge in [0.15, 0.2) is 0 Å².